The number of piperidine rings is 1. The SMILES string of the molecule is O=C(c1ccn(-c2c(F)cccc2F)n1)N1CCC(CO)CC1. The van der Waals surface area contributed by atoms with E-state index in [1.807, 2.05) is 0 Å². The predicted octanol–water partition coefficient (Wildman–Crippen LogP) is 2.00. The molecule has 1 aromatic heterocycles. The third-order valence-corrected chi connectivity index (χ3v) is 4.13. The van der Waals surface area contributed by atoms with Crippen LogP contribution in [0.5, 0.6) is 0 Å². The van der Waals surface area contributed by atoms with Crippen LogP contribution in [0.25, 0.3) is 5.69 Å². The van der Waals surface area contributed by atoms with Crippen LogP contribution in [0.1, 0.15) is 23.3 Å². The highest BCUT2D eigenvalue weighted by Crippen LogP contribution is 2.20. The Kier molecular flexibility index (Phi) is 4.38. The van der Waals surface area contributed by atoms with Gasteiger partial charge in [0.2, 0.25) is 0 Å². The van der Waals surface area contributed by atoms with Crippen LogP contribution in [-0.4, -0.2) is 45.4 Å². The molecule has 1 N–H and O–H groups in total. The van der Waals surface area contributed by atoms with Crippen molar-refractivity contribution in [1.82, 2.24) is 14.7 Å². The number of amides is 1. The highest BCUT2D eigenvalue weighted by Gasteiger charge is 2.25. The van der Waals surface area contributed by atoms with Crippen molar-refractivity contribution in [3.8, 4) is 5.69 Å². The van der Waals surface area contributed by atoms with Crippen LogP contribution in [0.3, 0.4) is 0 Å². The summed E-state index contributed by atoms with van der Waals surface area (Å²) in [5, 5.41) is 13.1. The molecule has 7 heteroatoms. The molecule has 0 spiro atoms. The van der Waals surface area contributed by atoms with Crippen molar-refractivity contribution in [2.75, 3.05) is 19.7 Å². The van der Waals surface area contributed by atoms with Gasteiger partial charge in [-0.3, -0.25) is 4.79 Å². The summed E-state index contributed by atoms with van der Waals surface area (Å²) in [4.78, 5) is 14.1. The lowest BCUT2D eigenvalue weighted by Crippen LogP contribution is -2.39. The van der Waals surface area contributed by atoms with Gasteiger partial charge in [-0.2, -0.15) is 5.10 Å². The van der Waals surface area contributed by atoms with E-state index < -0.39 is 11.6 Å². The summed E-state index contributed by atoms with van der Waals surface area (Å²) in [6, 6.07) is 5.00. The number of rotatable bonds is 3. The summed E-state index contributed by atoms with van der Waals surface area (Å²) in [7, 11) is 0. The van der Waals surface area contributed by atoms with Crippen molar-refractivity contribution in [3.05, 3.63) is 47.8 Å². The Morgan fingerprint density at radius 3 is 2.48 bits per heavy atom. The minimum Gasteiger partial charge on any atom is -0.396 e. The molecule has 5 nitrogen and oxygen atoms in total. The third kappa shape index (κ3) is 3.10. The Hall–Kier alpha value is -2.28. The van der Waals surface area contributed by atoms with Crippen LogP contribution < -0.4 is 0 Å². The fraction of sp³-hybridized carbons (Fsp3) is 0.375. The molecule has 0 atom stereocenters. The molecule has 1 aromatic carbocycles. The molecule has 1 amide bonds. The van der Waals surface area contributed by atoms with E-state index in [9.17, 15) is 13.6 Å². The second-order valence-electron chi connectivity index (χ2n) is 5.63. The minimum atomic E-state index is -0.740. The number of likely N-dealkylation sites (tertiary alicyclic amines) is 1. The first-order valence-corrected chi connectivity index (χ1v) is 7.50. The van der Waals surface area contributed by atoms with Crippen LogP contribution in [0, 0.1) is 17.6 Å². The topological polar surface area (TPSA) is 58.4 Å². The Balaban J connectivity index is 1.78. The molecule has 1 aliphatic rings. The quantitative estimate of drug-likeness (QED) is 0.940. The molecule has 0 bridgehead atoms. The van der Waals surface area contributed by atoms with Gasteiger partial charge in [-0.05, 0) is 37.0 Å². The van der Waals surface area contributed by atoms with E-state index in [1.165, 1.54) is 18.3 Å². The van der Waals surface area contributed by atoms with Crippen molar-refractivity contribution in [3.63, 3.8) is 0 Å². The molecule has 2 aromatic rings. The number of hydrogen-bond acceptors (Lipinski definition) is 3. The van der Waals surface area contributed by atoms with Gasteiger partial charge in [0.25, 0.3) is 5.91 Å². The van der Waals surface area contributed by atoms with Crippen molar-refractivity contribution in [2.45, 2.75) is 12.8 Å². The summed E-state index contributed by atoms with van der Waals surface area (Å²) in [5.74, 6) is -1.52. The monoisotopic (exact) mass is 321 g/mol. The number of halogens is 2. The zero-order chi connectivity index (χ0) is 16.4. The highest BCUT2D eigenvalue weighted by molar-refractivity contribution is 5.92. The molecule has 122 valence electrons. The molecule has 2 heterocycles. The number of aliphatic hydroxyl groups is 1. The number of nitrogens with zero attached hydrogens (tertiary/aromatic N) is 3. The number of hydrogen-bond donors (Lipinski definition) is 1. The molecule has 3 rings (SSSR count). The highest BCUT2D eigenvalue weighted by atomic mass is 19.1. The summed E-state index contributed by atoms with van der Waals surface area (Å²) in [6.45, 7) is 1.22. The van der Waals surface area contributed by atoms with E-state index in [2.05, 4.69) is 5.10 Å². The summed E-state index contributed by atoms with van der Waals surface area (Å²) in [6.07, 6.45) is 2.85. The number of benzene rings is 1. The molecular weight excluding hydrogens is 304 g/mol. The second-order valence-corrected chi connectivity index (χ2v) is 5.63. The zero-order valence-electron chi connectivity index (χ0n) is 12.5. The van der Waals surface area contributed by atoms with Crippen LogP contribution in [0.4, 0.5) is 8.78 Å². The smallest absolute Gasteiger partial charge is 0.274 e. The number of aromatic nitrogens is 2. The maximum absolute atomic E-state index is 13.8. The van der Waals surface area contributed by atoms with E-state index in [1.54, 1.807) is 4.90 Å². The second kappa shape index (κ2) is 6.45. The standard InChI is InChI=1S/C16H17F2N3O2/c17-12-2-1-3-13(18)15(12)21-9-6-14(19-21)16(23)20-7-4-11(10-22)5-8-20/h1-3,6,9,11,22H,4-5,7-8,10H2. The van der Waals surface area contributed by atoms with E-state index in [0.29, 0.717) is 13.1 Å². The lowest BCUT2D eigenvalue weighted by Gasteiger charge is -2.30. The van der Waals surface area contributed by atoms with E-state index in [0.717, 1.165) is 29.7 Å². The summed E-state index contributed by atoms with van der Waals surface area (Å²) >= 11 is 0. The Bertz CT molecular complexity index is 689. The van der Waals surface area contributed by atoms with Crippen LogP contribution in [0.15, 0.2) is 30.5 Å². The lowest BCUT2D eigenvalue weighted by molar-refractivity contribution is 0.0644. The fourth-order valence-electron chi connectivity index (χ4n) is 2.75. The molecule has 0 aliphatic carbocycles. The van der Waals surface area contributed by atoms with E-state index in [-0.39, 0.29) is 29.8 Å². The van der Waals surface area contributed by atoms with Gasteiger partial charge in [0.05, 0.1) is 0 Å². The van der Waals surface area contributed by atoms with Crippen molar-refractivity contribution < 1.29 is 18.7 Å². The minimum absolute atomic E-state index is 0.128. The van der Waals surface area contributed by atoms with Gasteiger partial charge < -0.3 is 10.0 Å². The first kappa shape index (κ1) is 15.6. The van der Waals surface area contributed by atoms with Gasteiger partial charge in [0.1, 0.15) is 5.69 Å². The van der Waals surface area contributed by atoms with Gasteiger partial charge in [0.15, 0.2) is 17.3 Å². The van der Waals surface area contributed by atoms with Crippen LogP contribution >= 0.6 is 0 Å². The van der Waals surface area contributed by atoms with Crippen molar-refractivity contribution in [2.24, 2.45) is 5.92 Å². The number of carbonyl (C=O) groups is 1. The van der Waals surface area contributed by atoms with Crippen LogP contribution in [-0.2, 0) is 0 Å². The Labute approximate surface area is 132 Å². The van der Waals surface area contributed by atoms with Gasteiger partial charge in [0, 0.05) is 25.9 Å². The van der Waals surface area contributed by atoms with Crippen molar-refractivity contribution in [1.29, 1.82) is 0 Å². The maximum atomic E-state index is 13.8. The molecular formula is C16H17F2N3O2. The molecule has 0 radical (unpaired) electrons. The molecule has 1 aliphatic heterocycles. The number of carbonyl (C=O) groups excluding carboxylic acids is 1. The first-order chi connectivity index (χ1) is 11.1. The first-order valence-electron chi connectivity index (χ1n) is 7.50. The van der Waals surface area contributed by atoms with Crippen LogP contribution in [0.2, 0.25) is 0 Å². The number of aliphatic hydroxyl groups excluding tert-OH is 1. The van der Waals surface area contributed by atoms with Crippen molar-refractivity contribution >= 4 is 5.91 Å². The molecule has 0 unspecified atom stereocenters. The Morgan fingerprint density at radius 2 is 1.87 bits per heavy atom. The average Bonchev–Trinajstić information content (AvgIpc) is 3.04. The van der Waals surface area contributed by atoms with Gasteiger partial charge in [-0.15, -0.1) is 0 Å². The maximum Gasteiger partial charge on any atom is 0.274 e. The average molecular weight is 321 g/mol. The molecule has 23 heavy (non-hydrogen) atoms. The zero-order valence-corrected chi connectivity index (χ0v) is 12.5. The lowest BCUT2D eigenvalue weighted by atomic mass is 9.98. The van der Waals surface area contributed by atoms with E-state index in [4.69, 9.17) is 5.11 Å². The summed E-state index contributed by atoms with van der Waals surface area (Å²) in [5.41, 5.74) is -0.152. The number of para-hydroxylation sites is 1. The fourth-order valence-corrected chi connectivity index (χ4v) is 2.75. The summed E-state index contributed by atoms with van der Waals surface area (Å²) < 4.78 is 28.6. The predicted molar refractivity (Wildman–Crippen MR) is 79.2 cm³/mol. The largest absolute Gasteiger partial charge is 0.396 e. The third-order valence-electron chi connectivity index (χ3n) is 4.13. The molecule has 1 fully saturated rings. The van der Waals surface area contributed by atoms with Gasteiger partial charge >= 0.3 is 0 Å². The van der Waals surface area contributed by atoms with Gasteiger partial charge in [-0.25, -0.2) is 13.5 Å². The molecule has 0 saturated carbocycles. The van der Waals surface area contributed by atoms with Gasteiger partial charge in [-0.1, -0.05) is 6.07 Å². The van der Waals surface area contributed by atoms with E-state index >= 15 is 0 Å². The normalized spacial score (nSPS) is 15.9. The Morgan fingerprint density at radius 1 is 1.22 bits per heavy atom. The molecule has 1 saturated heterocycles.